The molecule has 0 atom stereocenters. The Morgan fingerprint density at radius 3 is 2.59 bits per heavy atom. The molecule has 0 saturated heterocycles. The van der Waals surface area contributed by atoms with Gasteiger partial charge in [-0.05, 0) is 37.5 Å². The Morgan fingerprint density at radius 2 is 2.06 bits per heavy atom. The van der Waals surface area contributed by atoms with Crippen LogP contribution in [0.4, 0.5) is 15.8 Å². The first-order chi connectivity index (χ1) is 7.94. The maximum absolute atomic E-state index is 13.4. The Bertz CT molecular complexity index is 512. The van der Waals surface area contributed by atoms with Crippen LogP contribution in [-0.4, -0.2) is 20.7 Å². The minimum atomic E-state index is -3.45. The molecule has 1 aromatic rings. The third-order valence-electron chi connectivity index (χ3n) is 2.74. The van der Waals surface area contributed by atoms with Gasteiger partial charge in [0.2, 0.25) is 10.0 Å². The van der Waals surface area contributed by atoms with E-state index in [0.29, 0.717) is 6.04 Å². The molecule has 17 heavy (non-hydrogen) atoms. The van der Waals surface area contributed by atoms with E-state index in [4.69, 9.17) is 0 Å². The van der Waals surface area contributed by atoms with Gasteiger partial charge in [0.1, 0.15) is 5.82 Å². The molecule has 0 spiro atoms. The second-order valence-electron chi connectivity index (χ2n) is 4.34. The van der Waals surface area contributed by atoms with Crippen LogP contribution in [0, 0.1) is 5.82 Å². The molecule has 1 aromatic carbocycles. The van der Waals surface area contributed by atoms with Crippen molar-refractivity contribution in [3.8, 4) is 0 Å². The summed E-state index contributed by atoms with van der Waals surface area (Å²) in [6.45, 7) is 0. The van der Waals surface area contributed by atoms with Crippen LogP contribution in [0.25, 0.3) is 0 Å². The summed E-state index contributed by atoms with van der Waals surface area (Å²) in [4.78, 5) is 0. The molecule has 0 heterocycles. The standard InChI is InChI=1S/C11H15FN2O2S/c1-17(15,16)14-11-7-9(5-6-10(11)12)13-8-3-2-4-8/h5-8,13-14H,2-4H2,1H3. The molecular formula is C11H15FN2O2S. The minimum absolute atomic E-state index is 0.0168. The van der Waals surface area contributed by atoms with Gasteiger partial charge in [-0.15, -0.1) is 0 Å². The third kappa shape index (κ3) is 3.33. The molecule has 2 N–H and O–H groups in total. The number of hydrogen-bond donors (Lipinski definition) is 2. The highest BCUT2D eigenvalue weighted by atomic mass is 32.2. The summed E-state index contributed by atoms with van der Waals surface area (Å²) >= 11 is 0. The van der Waals surface area contributed by atoms with Crippen LogP contribution in [0.2, 0.25) is 0 Å². The van der Waals surface area contributed by atoms with Gasteiger partial charge in [0.15, 0.2) is 0 Å². The molecular weight excluding hydrogens is 243 g/mol. The summed E-state index contributed by atoms with van der Waals surface area (Å²) in [5, 5.41) is 3.23. The van der Waals surface area contributed by atoms with Crippen molar-refractivity contribution in [2.45, 2.75) is 25.3 Å². The van der Waals surface area contributed by atoms with E-state index in [0.717, 1.165) is 24.8 Å². The molecule has 0 aliphatic heterocycles. The lowest BCUT2D eigenvalue weighted by atomic mass is 9.93. The smallest absolute Gasteiger partial charge is 0.229 e. The van der Waals surface area contributed by atoms with E-state index in [1.54, 1.807) is 6.07 Å². The van der Waals surface area contributed by atoms with Crippen molar-refractivity contribution in [3.05, 3.63) is 24.0 Å². The largest absolute Gasteiger partial charge is 0.382 e. The zero-order valence-corrected chi connectivity index (χ0v) is 10.3. The SMILES string of the molecule is CS(=O)(=O)Nc1cc(NC2CCC2)ccc1F. The van der Waals surface area contributed by atoms with Gasteiger partial charge in [-0.25, -0.2) is 12.8 Å². The van der Waals surface area contributed by atoms with Gasteiger partial charge in [0, 0.05) is 11.7 Å². The maximum atomic E-state index is 13.4. The maximum Gasteiger partial charge on any atom is 0.229 e. The van der Waals surface area contributed by atoms with E-state index in [1.807, 2.05) is 0 Å². The Kier molecular flexibility index (Phi) is 3.24. The summed E-state index contributed by atoms with van der Waals surface area (Å²) in [7, 11) is -3.45. The number of hydrogen-bond acceptors (Lipinski definition) is 3. The molecule has 0 bridgehead atoms. The van der Waals surface area contributed by atoms with Gasteiger partial charge < -0.3 is 5.32 Å². The highest BCUT2D eigenvalue weighted by Crippen LogP contribution is 2.26. The molecule has 2 rings (SSSR count). The van der Waals surface area contributed by atoms with E-state index < -0.39 is 15.8 Å². The van der Waals surface area contributed by atoms with Crippen LogP contribution in [-0.2, 0) is 10.0 Å². The Labute approximate surface area is 100 Å². The molecule has 94 valence electrons. The highest BCUT2D eigenvalue weighted by Gasteiger charge is 2.17. The second kappa shape index (κ2) is 4.52. The van der Waals surface area contributed by atoms with Crippen LogP contribution in [0.3, 0.4) is 0 Å². The predicted octanol–water partition coefficient (Wildman–Crippen LogP) is 2.16. The van der Waals surface area contributed by atoms with Crippen molar-refractivity contribution in [3.63, 3.8) is 0 Å². The van der Waals surface area contributed by atoms with Crippen LogP contribution in [0.5, 0.6) is 0 Å². The lowest BCUT2D eigenvalue weighted by Gasteiger charge is -2.27. The summed E-state index contributed by atoms with van der Waals surface area (Å²) in [5.74, 6) is -0.574. The number of rotatable bonds is 4. The van der Waals surface area contributed by atoms with Crippen LogP contribution in [0.15, 0.2) is 18.2 Å². The van der Waals surface area contributed by atoms with Crippen molar-refractivity contribution >= 4 is 21.4 Å². The van der Waals surface area contributed by atoms with Gasteiger partial charge in [-0.1, -0.05) is 0 Å². The van der Waals surface area contributed by atoms with Crippen LogP contribution in [0.1, 0.15) is 19.3 Å². The molecule has 1 aliphatic carbocycles. The van der Waals surface area contributed by atoms with Gasteiger partial charge in [-0.3, -0.25) is 4.72 Å². The lowest BCUT2D eigenvalue weighted by molar-refractivity contribution is 0.445. The average molecular weight is 258 g/mol. The Morgan fingerprint density at radius 1 is 1.35 bits per heavy atom. The van der Waals surface area contributed by atoms with Crippen LogP contribution >= 0.6 is 0 Å². The molecule has 4 nitrogen and oxygen atoms in total. The topological polar surface area (TPSA) is 58.2 Å². The van der Waals surface area contributed by atoms with E-state index >= 15 is 0 Å². The quantitative estimate of drug-likeness (QED) is 0.870. The van der Waals surface area contributed by atoms with Gasteiger partial charge in [0.05, 0.1) is 11.9 Å². The van der Waals surface area contributed by atoms with Crippen molar-refractivity contribution in [1.82, 2.24) is 0 Å². The predicted molar refractivity (Wildman–Crippen MR) is 66.1 cm³/mol. The fourth-order valence-electron chi connectivity index (χ4n) is 1.68. The third-order valence-corrected chi connectivity index (χ3v) is 3.33. The summed E-state index contributed by atoms with van der Waals surface area (Å²) in [5.41, 5.74) is 0.721. The average Bonchev–Trinajstić information content (AvgIpc) is 2.14. The monoisotopic (exact) mass is 258 g/mol. The van der Waals surface area contributed by atoms with Gasteiger partial charge >= 0.3 is 0 Å². The number of benzene rings is 1. The molecule has 1 fully saturated rings. The van der Waals surface area contributed by atoms with Gasteiger partial charge in [-0.2, -0.15) is 0 Å². The number of halogens is 1. The molecule has 1 aliphatic rings. The second-order valence-corrected chi connectivity index (χ2v) is 6.09. The highest BCUT2D eigenvalue weighted by molar-refractivity contribution is 7.92. The van der Waals surface area contributed by atoms with Crippen molar-refractivity contribution in [2.75, 3.05) is 16.3 Å². The number of anilines is 2. The first-order valence-electron chi connectivity index (χ1n) is 5.48. The lowest BCUT2D eigenvalue weighted by Crippen LogP contribution is -2.27. The number of nitrogens with one attached hydrogen (secondary N) is 2. The first-order valence-corrected chi connectivity index (χ1v) is 7.37. The molecule has 0 radical (unpaired) electrons. The fourth-order valence-corrected chi connectivity index (χ4v) is 2.24. The molecule has 0 aromatic heterocycles. The van der Waals surface area contributed by atoms with E-state index in [9.17, 15) is 12.8 Å². The van der Waals surface area contributed by atoms with E-state index in [-0.39, 0.29) is 5.69 Å². The first kappa shape index (κ1) is 12.2. The summed E-state index contributed by atoms with van der Waals surface area (Å²) in [6, 6.07) is 4.77. The normalized spacial score (nSPS) is 16.4. The van der Waals surface area contributed by atoms with E-state index in [2.05, 4.69) is 10.0 Å². The van der Waals surface area contributed by atoms with Crippen molar-refractivity contribution < 1.29 is 12.8 Å². The zero-order valence-electron chi connectivity index (χ0n) is 9.53. The molecule has 1 saturated carbocycles. The minimum Gasteiger partial charge on any atom is -0.382 e. The van der Waals surface area contributed by atoms with E-state index in [1.165, 1.54) is 18.6 Å². The van der Waals surface area contributed by atoms with Crippen molar-refractivity contribution in [2.24, 2.45) is 0 Å². The molecule has 6 heteroatoms. The Hall–Kier alpha value is -1.30. The summed E-state index contributed by atoms with van der Waals surface area (Å²) < 4.78 is 37.6. The fraction of sp³-hybridized carbons (Fsp3) is 0.455. The molecule has 0 amide bonds. The number of sulfonamides is 1. The molecule has 0 unspecified atom stereocenters. The van der Waals surface area contributed by atoms with Crippen LogP contribution < -0.4 is 10.0 Å². The zero-order chi connectivity index (χ0) is 12.5. The summed E-state index contributed by atoms with van der Waals surface area (Å²) in [6.07, 6.45) is 4.41. The Balaban J connectivity index is 2.16. The van der Waals surface area contributed by atoms with Gasteiger partial charge in [0.25, 0.3) is 0 Å². The van der Waals surface area contributed by atoms with Crippen molar-refractivity contribution in [1.29, 1.82) is 0 Å².